The normalized spacial score (nSPS) is 13.3. The van der Waals surface area contributed by atoms with E-state index < -0.39 is 32.8 Å². The lowest BCUT2D eigenvalue weighted by atomic mass is 10.1. The van der Waals surface area contributed by atoms with Crippen molar-refractivity contribution in [2.45, 2.75) is 24.8 Å². The van der Waals surface area contributed by atoms with Crippen LogP contribution in [0.3, 0.4) is 0 Å². The summed E-state index contributed by atoms with van der Waals surface area (Å²) in [6, 6.07) is 0. The van der Waals surface area contributed by atoms with Crippen LogP contribution in [0, 0.1) is 0 Å². The molecule has 102 valence electrons. The Kier molecular flexibility index (Phi) is 5.25. The second-order valence-corrected chi connectivity index (χ2v) is 5.52. The first-order valence-electron chi connectivity index (χ1n) is 4.88. The molecule has 0 aromatic carbocycles. The zero-order valence-electron chi connectivity index (χ0n) is 10.1. The summed E-state index contributed by atoms with van der Waals surface area (Å²) in [6.45, 7) is 9.04. The Labute approximate surface area is 106 Å². The van der Waals surface area contributed by atoms with Crippen molar-refractivity contribution in [2.75, 3.05) is 0 Å². The van der Waals surface area contributed by atoms with Crippen molar-refractivity contribution in [1.82, 2.24) is 10.6 Å². The first kappa shape index (κ1) is 16.3. The summed E-state index contributed by atoms with van der Waals surface area (Å²) in [5, 5.41) is 2.62. The zero-order chi connectivity index (χ0) is 14.6. The summed E-state index contributed by atoms with van der Waals surface area (Å²) in [4.78, 5) is 22.3. The van der Waals surface area contributed by atoms with Crippen molar-refractivity contribution in [3.8, 4) is 0 Å². The molecule has 18 heavy (non-hydrogen) atoms. The highest BCUT2D eigenvalue weighted by atomic mass is 32.2. The molecule has 0 aliphatic carbocycles. The van der Waals surface area contributed by atoms with Crippen LogP contribution in [0.1, 0.15) is 13.8 Å². The van der Waals surface area contributed by atoms with Gasteiger partial charge in [-0.25, -0.2) is 0 Å². The summed E-state index contributed by atoms with van der Waals surface area (Å²) < 4.78 is 31.5. The van der Waals surface area contributed by atoms with E-state index in [0.29, 0.717) is 0 Å². The van der Waals surface area contributed by atoms with Crippen molar-refractivity contribution >= 4 is 21.9 Å². The number of hydrogen-bond donors (Lipinski definition) is 3. The van der Waals surface area contributed by atoms with Gasteiger partial charge < -0.3 is 10.6 Å². The highest BCUT2D eigenvalue weighted by molar-refractivity contribution is 7.86. The molecule has 8 heteroatoms. The lowest BCUT2D eigenvalue weighted by molar-refractivity contribution is -0.120. The smallest absolute Gasteiger partial charge is 0.288 e. The van der Waals surface area contributed by atoms with Crippen molar-refractivity contribution in [3.63, 3.8) is 0 Å². The summed E-state index contributed by atoms with van der Waals surface area (Å²) in [6.07, 6.45) is 1.79. The van der Waals surface area contributed by atoms with Gasteiger partial charge in [0.1, 0.15) is 0 Å². The topological polar surface area (TPSA) is 113 Å². The molecule has 0 aromatic heterocycles. The molecule has 0 aliphatic heterocycles. The molecule has 0 aliphatic rings. The van der Waals surface area contributed by atoms with E-state index in [4.69, 9.17) is 4.55 Å². The van der Waals surface area contributed by atoms with Gasteiger partial charge in [0, 0.05) is 0 Å². The molecule has 1 unspecified atom stereocenters. The first-order valence-corrected chi connectivity index (χ1v) is 6.38. The predicted molar refractivity (Wildman–Crippen MR) is 66.1 cm³/mol. The first-order chi connectivity index (χ1) is 8.04. The molecule has 0 saturated carbocycles. The maximum atomic E-state index is 11.2. The van der Waals surface area contributed by atoms with E-state index in [0.717, 1.165) is 12.2 Å². The quantitative estimate of drug-likeness (QED) is 0.450. The maximum absolute atomic E-state index is 11.2. The zero-order valence-corrected chi connectivity index (χ0v) is 11.0. The van der Waals surface area contributed by atoms with E-state index in [9.17, 15) is 18.0 Å². The molecular formula is C10H16N2O5S. The van der Waals surface area contributed by atoms with E-state index in [-0.39, 0.29) is 0 Å². The number of amides is 2. The molecular weight excluding hydrogens is 260 g/mol. The summed E-state index contributed by atoms with van der Waals surface area (Å²) >= 11 is 0. The van der Waals surface area contributed by atoms with Crippen molar-refractivity contribution in [1.29, 1.82) is 0 Å². The predicted octanol–water partition coefficient (Wildman–Crippen LogP) is -0.417. The van der Waals surface area contributed by atoms with Crippen LogP contribution in [0.15, 0.2) is 25.3 Å². The molecule has 7 nitrogen and oxygen atoms in total. The van der Waals surface area contributed by atoms with Gasteiger partial charge in [-0.1, -0.05) is 13.2 Å². The number of carbonyl (C=O) groups excluding carboxylic acids is 2. The van der Waals surface area contributed by atoms with E-state index in [1.165, 1.54) is 13.8 Å². The minimum atomic E-state index is -4.61. The summed E-state index contributed by atoms with van der Waals surface area (Å²) in [5.41, 5.74) is -1.43. The van der Waals surface area contributed by atoms with E-state index in [1.807, 2.05) is 5.32 Å². The fourth-order valence-corrected chi connectivity index (χ4v) is 2.32. The van der Waals surface area contributed by atoms with Crippen molar-refractivity contribution in [3.05, 3.63) is 25.3 Å². The molecule has 0 saturated heterocycles. The second kappa shape index (κ2) is 5.78. The van der Waals surface area contributed by atoms with Gasteiger partial charge in [0.2, 0.25) is 11.8 Å². The SMILES string of the molecule is C=CC(=O)NC(C(C)(C)NC(=O)C=C)S(=O)(=O)O. The molecule has 0 radical (unpaired) electrons. The number of hydrogen-bond acceptors (Lipinski definition) is 4. The molecule has 1 atom stereocenters. The fourth-order valence-electron chi connectivity index (χ4n) is 1.25. The van der Waals surface area contributed by atoms with Gasteiger partial charge >= 0.3 is 0 Å². The Hall–Kier alpha value is -1.67. The number of rotatable bonds is 6. The van der Waals surface area contributed by atoms with Crippen molar-refractivity contribution in [2.24, 2.45) is 0 Å². The molecule has 0 rings (SSSR count). The molecule has 3 N–H and O–H groups in total. The highest BCUT2D eigenvalue weighted by Gasteiger charge is 2.40. The molecule has 0 fully saturated rings. The minimum Gasteiger partial charge on any atom is -0.344 e. The maximum Gasteiger partial charge on any atom is 0.288 e. The Balaban J connectivity index is 5.30. The third-order valence-electron chi connectivity index (χ3n) is 2.04. The largest absolute Gasteiger partial charge is 0.344 e. The molecule has 0 bridgehead atoms. The molecule has 0 heterocycles. The second-order valence-electron chi connectivity index (χ2n) is 4.02. The van der Waals surface area contributed by atoms with Crippen LogP contribution in [0.2, 0.25) is 0 Å². The van der Waals surface area contributed by atoms with E-state index in [2.05, 4.69) is 18.5 Å². The van der Waals surface area contributed by atoms with Gasteiger partial charge in [-0.05, 0) is 26.0 Å². The average Bonchev–Trinajstić information content (AvgIpc) is 2.22. The van der Waals surface area contributed by atoms with E-state index >= 15 is 0 Å². The number of carbonyl (C=O) groups is 2. The van der Waals surface area contributed by atoms with Crippen LogP contribution in [0.5, 0.6) is 0 Å². The van der Waals surface area contributed by atoms with Gasteiger partial charge in [0.15, 0.2) is 5.37 Å². The van der Waals surface area contributed by atoms with Crippen LogP contribution in [0.4, 0.5) is 0 Å². The Morgan fingerprint density at radius 2 is 1.67 bits per heavy atom. The van der Waals surface area contributed by atoms with Gasteiger partial charge in [0.05, 0.1) is 5.54 Å². The lowest BCUT2D eigenvalue weighted by Gasteiger charge is -2.32. The summed E-state index contributed by atoms with van der Waals surface area (Å²) in [5.74, 6) is -1.43. The van der Waals surface area contributed by atoms with E-state index in [1.54, 1.807) is 0 Å². The third kappa shape index (κ3) is 4.68. The Morgan fingerprint density at radius 1 is 1.22 bits per heavy atom. The van der Waals surface area contributed by atoms with Crippen LogP contribution in [0.25, 0.3) is 0 Å². The third-order valence-corrected chi connectivity index (χ3v) is 3.35. The molecule has 0 aromatic rings. The fraction of sp³-hybridized carbons (Fsp3) is 0.400. The Morgan fingerprint density at radius 3 is 2.00 bits per heavy atom. The van der Waals surface area contributed by atoms with Crippen LogP contribution >= 0.6 is 0 Å². The van der Waals surface area contributed by atoms with Gasteiger partial charge in [-0.3, -0.25) is 14.1 Å². The standard InChI is InChI=1S/C10H16N2O5S/c1-5-7(13)11-9(18(15,16)17)10(3,4)12-8(14)6-2/h5-6,9H,1-2H2,3-4H3,(H,11,13)(H,12,14)(H,15,16,17). The minimum absolute atomic E-state index is 0.637. The Bertz CT molecular complexity index is 467. The van der Waals surface area contributed by atoms with Crippen LogP contribution in [-0.2, 0) is 19.7 Å². The monoisotopic (exact) mass is 276 g/mol. The number of nitrogens with one attached hydrogen (secondary N) is 2. The molecule has 0 spiro atoms. The average molecular weight is 276 g/mol. The van der Waals surface area contributed by atoms with Gasteiger partial charge in [-0.2, -0.15) is 8.42 Å². The van der Waals surface area contributed by atoms with Gasteiger partial charge in [-0.15, -0.1) is 0 Å². The van der Waals surface area contributed by atoms with Crippen LogP contribution < -0.4 is 10.6 Å². The van der Waals surface area contributed by atoms with Crippen molar-refractivity contribution < 1.29 is 22.6 Å². The lowest BCUT2D eigenvalue weighted by Crippen LogP contribution is -2.61. The van der Waals surface area contributed by atoms with Crippen LogP contribution in [-0.4, -0.2) is 35.7 Å². The highest BCUT2D eigenvalue weighted by Crippen LogP contribution is 2.14. The molecule has 2 amide bonds. The summed E-state index contributed by atoms with van der Waals surface area (Å²) in [7, 11) is -4.61. The van der Waals surface area contributed by atoms with Gasteiger partial charge in [0.25, 0.3) is 10.1 Å².